The molecule has 1 N–H and O–H groups in total. The van der Waals surface area contributed by atoms with Crippen LogP contribution in [0.25, 0.3) is 0 Å². The number of nitrogens with one attached hydrogen (secondary N) is 1. The maximum Gasteiger partial charge on any atom is 0.00202 e. The summed E-state index contributed by atoms with van der Waals surface area (Å²) >= 11 is 0. The molecule has 0 aliphatic carbocycles. The second-order valence-corrected chi connectivity index (χ2v) is 6.87. The van der Waals surface area contributed by atoms with E-state index in [1.165, 1.54) is 49.7 Å². The van der Waals surface area contributed by atoms with Gasteiger partial charge in [0.15, 0.2) is 0 Å². The Morgan fingerprint density at radius 1 is 1.00 bits per heavy atom. The minimum absolute atomic E-state index is 0.672. The van der Waals surface area contributed by atoms with Crippen LogP contribution in [-0.4, -0.2) is 13.1 Å². The lowest BCUT2D eigenvalue weighted by molar-refractivity contribution is 0.481. The first kappa shape index (κ1) is 18.2. The summed E-state index contributed by atoms with van der Waals surface area (Å²) in [6, 6.07) is 9.08. The summed E-state index contributed by atoms with van der Waals surface area (Å²) in [7, 11) is 0. The highest BCUT2D eigenvalue weighted by Gasteiger charge is 2.11. The van der Waals surface area contributed by atoms with Crippen molar-refractivity contribution in [2.45, 2.75) is 72.1 Å². The summed E-state index contributed by atoms with van der Waals surface area (Å²) in [6.45, 7) is 11.3. The third-order valence-electron chi connectivity index (χ3n) is 4.11. The normalized spacial score (nSPS) is 12.8. The van der Waals surface area contributed by atoms with Crippen LogP contribution in [0.4, 0.5) is 0 Å². The molecule has 0 aliphatic heterocycles. The van der Waals surface area contributed by atoms with Gasteiger partial charge in [0.25, 0.3) is 0 Å². The van der Waals surface area contributed by atoms with Crippen LogP contribution in [0.1, 0.15) is 76.3 Å². The zero-order valence-corrected chi connectivity index (χ0v) is 14.6. The SMILES string of the molecule is CCCCCCCC(CNCC(C)C)c1cccc(C)c1. The molecule has 1 atom stereocenters. The highest BCUT2D eigenvalue weighted by molar-refractivity contribution is 5.25. The van der Waals surface area contributed by atoms with Gasteiger partial charge in [-0.15, -0.1) is 0 Å². The smallest absolute Gasteiger partial charge is 0.00202 e. The van der Waals surface area contributed by atoms with Crippen LogP contribution in [0.5, 0.6) is 0 Å². The summed E-state index contributed by atoms with van der Waals surface area (Å²) in [5.41, 5.74) is 2.90. The quantitative estimate of drug-likeness (QED) is 0.516. The molecular weight excluding hydrogens is 254 g/mol. The van der Waals surface area contributed by atoms with Gasteiger partial charge >= 0.3 is 0 Å². The second kappa shape index (κ2) is 10.8. The van der Waals surface area contributed by atoms with Gasteiger partial charge in [-0.1, -0.05) is 82.7 Å². The molecular formula is C20H35N. The van der Waals surface area contributed by atoms with E-state index in [9.17, 15) is 0 Å². The molecule has 1 heteroatoms. The van der Waals surface area contributed by atoms with E-state index >= 15 is 0 Å². The molecule has 1 nitrogen and oxygen atoms in total. The van der Waals surface area contributed by atoms with Crippen LogP contribution in [0, 0.1) is 12.8 Å². The van der Waals surface area contributed by atoms with Gasteiger partial charge in [-0.3, -0.25) is 0 Å². The number of rotatable bonds is 11. The zero-order valence-electron chi connectivity index (χ0n) is 14.6. The lowest BCUT2D eigenvalue weighted by Crippen LogP contribution is -2.25. The van der Waals surface area contributed by atoms with E-state index < -0.39 is 0 Å². The number of hydrogen-bond acceptors (Lipinski definition) is 1. The Kier molecular flexibility index (Phi) is 9.41. The van der Waals surface area contributed by atoms with Crippen molar-refractivity contribution in [2.24, 2.45) is 5.92 Å². The minimum Gasteiger partial charge on any atom is -0.316 e. The Labute approximate surface area is 132 Å². The molecule has 0 spiro atoms. The van der Waals surface area contributed by atoms with Crippen molar-refractivity contribution in [3.63, 3.8) is 0 Å². The van der Waals surface area contributed by atoms with E-state index in [0.29, 0.717) is 5.92 Å². The van der Waals surface area contributed by atoms with Gasteiger partial charge in [0, 0.05) is 6.54 Å². The lowest BCUT2D eigenvalue weighted by Gasteiger charge is -2.19. The Balaban J connectivity index is 2.49. The molecule has 0 bridgehead atoms. The molecule has 120 valence electrons. The summed E-state index contributed by atoms with van der Waals surface area (Å²) in [5.74, 6) is 1.40. The fraction of sp³-hybridized carbons (Fsp3) is 0.700. The number of aryl methyl sites for hydroxylation is 1. The largest absolute Gasteiger partial charge is 0.316 e. The van der Waals surface area contributed by atoms with Crippen LogP contribution in [-0.2, 0) is 0 Å². The Hall–Kier alpha value is -0.820. The van der Waals surface area contributed by atoms with Crippen LogP contribution < -0.4 is 5.32 Å². The molecule has 0 saturated carbocycles. The molecule has 0 amide bonds. The molecule has 1 aromatic rings. The predicted molar refractivity (Wildman–Crippen MR) is 95.0 cm³/mol. The minimum atomic E-state index is 0.672. The molecule has 21 heavy (non-hydrogen) atoms. The highest BCUT2D eigenvalue weighted by Crippen LogP contribution is 2.23. The molecule has 1 rings (SSSR count). The maximum atomic E-state index is 3.65. The topological polar surface area (TPSA) is 12.0 Å². The van der Waals surface area contributed by atoms with E-state index in [4.69, 9.17) is 0 Å². The van der Waals surface area contributed by atoms with Crippen LogP contribution >= 0.6 is 0 Å². The zero-order chi connectivity index (χ0) is 15.5. The third kappa shape index (κ3) is 8.26. The van der Waals surface area contributed by atoms with E-state index in [0.717, 1.165) is 19.0 Å². The van der Waals surface area contributed by atoms with E-state index in [2.05, 4.69) is 57.3 Å². The highest BCUT2D eigenvalue weighted by atomic mass is 14.9. The molecule has 0 fully saturated rings. The van der Waals surface area contributed by atoms with Gasteiger partial charge in [-0.25, -0.2) is 0 Å². The van der Waals surface area contributed by atoms with E-state index in [1.54, 1.807) is 0 Å². The molecule has 1 aromatic carbocycles. The molecule has 0 aromatic heterocycles. The Morgan fingerprint density at radius 3 is 2.43 bits per heavy atom. The van der Waals surface area contributed by atoms with Crippen molar-refractivity contribution < 1.29 is 0 Å². The van der Waals surface area contributed by atoms with Crippen LogP contribution in [0.2, 0.25) is 0 Å². The first-order chi connectivity index (χ1) is 10.1. The molecule has 0 saturated heterocycles. The standard InChI is InChI=1S/C20H35N/c1-5-6-7-8-9-12-20(16-21-15-17(2)3)19-13-10-11-18(4)14-19/h10-11,13-14,17,20-21H,5-9,12,15-16H2,1-4H3. The fourth-order valence-corrected chi connectivity index (χ4v) is 2.85. The molecule has 0 heterocycles. The number of benzene rings is 1. The van der Waals surface area contributed by atoms with E-state index in [1.807, 2.05) is 0 Å². The van der Waals surface area contributed by atoms with Crippen molar-refractivity contribution in [3.05, 3.63) is 35.4 Å². The second-order valence-electron chi connectivity index (χ2n) is 6.87. The summed E-state index contributed by atoms with van der Waals surface area (Å²) < 4.78 is 0. The Bertz CT molecular complexity index is 370. The first-order valence-electron chi connectivity index (χ1n) is 8.90. The number of unbranched alkanes of at least 4 members (excludes halogenated alkanes) is 4. The number of hydrogen-bond donors (Lipinski definition) is 1. The van der Waals surface area contributed by atoms with Gasteiger partial charge in [0.2, 0.25) is 0 Å². The van der Waals surface area contributed by atoms with Crippen molar-refractivity contribution in [3.8, 4) is 0 Å². The fourth-order valence-electron chi connectivity index (χ4n) is 2.85. The van der Waals surface area contributed by atoms with Gasteiger partial charge < -0.3 is 5.32 Å². The van der Waals surface area contributed by atoms with E-state index in [-0.39, 0.29) is 0 Å². The van der Waals surface area contributed by atoms with Crippen LogP contribution in [0.3, 0.4) is 0 Å². The molecule has 0 radical (unpaired) electrons. The average Bonchev–Trinajstić information content (AvgIpc) is 2.45. The molecule has 1 unspecified atom stereocenters. The van der Waals surface area contributed by atoms with Crippen LogP contribution in [0.15, 0.2) is 24.3 Å². The summed E-state index contributed by atoms with van der Waals surface area (Å²) in [4.78, 5) is 0. The van der Waals surface area contributed by atoms with Crippen molar-refractivity contribution in [1.82, 2.24) is 5.32 Å². The lowest BCUT2D eigenvalue weighted by atomic mass is 9.91. The van der Waals surface area contributed by atoms with Gasteiger partial charge in [-0.2, -0.15) is 0 Å². The monoisotopic (exact) mass is 289 g/mol. The first-order valence-corrected chi connectivity index (χ1v) is 8.90. The van der Waals surface area contributed by atoms with Gasteiger partial charge in [-0.05, 0) is 37.3 Å². The molecule has 0 aliphatic rings. The van der Waals surface area contributed by atoms with Gasteiger partial charge in [0.1, 0.15) is 0 Å². The van der Waals surface area contributed by atoms with Crippen molar-refractivity contribution >= 4 is 0 Å². The maximum absolute atomic E-state index is 3.65. The van der Waals surface area contributed by atoms with Gasteiger partial charge in [0.05, 0.1) is 0 Å². The summed E-state index contributed by atoms with van der Waals surface area (Å²) in [5, 5.41) is 3.65. The Morgan fingerprint density at radius 2 is 1.76 bits per heavy atom. The van der Waals surface area contributed by atoms with Crippen molar-refractivity contribution in [2.75, 3.05) is 13.1 Å². The summed E-state index contributed by atoms with van der Waals surface area (Å²) in [6.07, 6.45) is 8.19. The predicted octanol–water partition coefficient (Wildman–Crippen LogP) is 5.68. The van der Waals surface area contributed by atoms with Crippen molar-refractivity contribution in [1.29, 1.82) is 0 Å². The average molecular weight is 290 g/mol. The third-order valence-corrected chi connectivity index (χ3v) is 4.11.